The summed E-state index contributed by atoms with van der Waals surface area (Å²) in [7, 11) is 0. The van der Waals surface area contributed by atoms with Crippen LogP contribution in [0.2, 0.25) is 0 Å². The average molecular weight is 1130 g/mol. The Morgan fingerprint density at radius 1 is 0.338 bits per heavy atom. The van der Waals surface area contributed by atoms with E-state index in [9.17, 15) is 19.8 Å². The molecule has 0 aromatic rings. The maximum Gasteiger partial charge on any atom is 0.305 e. The molecule has 0 saturated heterocycles. The van der Waals surface area contributed by atoms with Crippen molar-refractivity contribution in [2.75, 3.05) is 13.2 Å². The molecule has 0 rings (SSSR count). The van der Waals surface area contributed by atoms with Crippen molar-refractivity contribution in [2.24, 2.45) is 0 Å². The Morgan fingerprint density at radius 3 is 0.887 bits per heavy atom. The summed E-state index contributed by atoms with van der Waals surface area (Å²) in [6.45, 7) is 4.95. The molecule has 0 saturated carbocycles. The van der Waals surface area contributed by atoms with Crippen LogP contribution in [0.5, 0.6) is 0 Å². The second kappa shape index (κ2) is 69.8. The third-order valence-electron chi connectivity index (χ3n) is 17.2. The van der Waals surface area contributed by atoms with Crippen LogP contribution in [-0.4, -0.2) is 47.4 Å². The number of carbonyl (C=O) groups excluding carboxylic acids is 2. The third-order valence-corrected chi connectivity index (χ3v) is 17.2. The third kappa shape index (κ3) is 65.5. The molecule has 2 unspecified atom stereocenters. The molecule has 3 N–H and O–H groups in total. The molecular formula is C74H143NO5. The molecule has 474 valence electrons. The molecule has 0 aliphatic rings. The van der Waals surface area contributed by atoms with Gasteiger partial charge in [-0.15, -0.1) is 0 Å². The summed E-state index contributed by atoms with van der Waals surface area (Å²) in [6, 6.07) is -0.628. The molecule has 2 atom stereocenters. The highest BCUT2D eigenvalue weighted by atomic mass is 16.5. The smallest absolute Gasteiger partial charge is 0.305 e. The highest BCUT2D eigenvalue weighted by Gasteiger charge is 2.18. The second-order valence-electron chi connectivity index (χ2n) is 25.3. The van der Waals surface area contributed by atoms with Crippen molar-refractivity contribution >= 4 is 11.9 Å². The molecule has 0 radical (unpaired) electrons. The number of ether oxygens (including phenoxy) is 1. The van der Waals surface area contributed by atoms with Crippen LogP contribution in [0.4, 0.5) is 0 Å². The number of esters is 1. The van der Waals surface area contributed by atoms with Gasteiger partial charge in [0.25, 0.3) is 0 Å². The van der Waals surface area contributed by atoms with Crippen LogP contribution in [0, 0.1) is 0 Å². The van der Waals surface area contributed by atoms with Gasteiger partial charge in [0.1, 0.15) is 0 Å². The first-order valence-electron chi connectivity index (χ1n) is 36.6. The summed E-state index contributed by atoms with van der Waals surface area (Å²) in [5.41, 5.74) is 0. The predicted octanol–water partition coefficient (Wildman–Crippen LogP) is 23.7. The highest BCUT2D eigenvalue weighted by Crippen LogP contribution is 2.19. The van der Waals surface area contributed by atoms with Crippen LogP contribution in [-0.2, 0) is 14.3 Å². The lowest BCUT2D eigenvalue weighted by molar-refractivity contribution is -0.143. The highest BCUT2D eigenvalue weighted by molar-refractivity contribution is 5.76. The van der Waals surface area contributed by atoms with Gasteiger partial charge in [0.2, 0.25) is 5.91 Å². The molecule has 0 spiro atoms. The largest absolute Gasteiger partial charge is 0.466 e. The van der Waals surface area contributed by atoms with Gasteiger partial charge in [0.15, 0.2) is 0 Å². The monoisotopic (exact) mass is 1130 g/mol. The van der Waals surface area contributed by atoms with Crippen molar-refractivity contribution < 1.29 is 24.5 Å². The van der Waals surface area contributed by atoms with E-state index in [1.165, 1.54) is 347 Å². The summed E-state index contributed by atoms with van der Waals surface area (Å²) in [5.74, 6) is -0.0439. The predicted molar refractivity (Wildman–Crippen MR) is 352 cm³/mol. The van der Waals surface area contributed by atoms with E-state index in [4.69, 9.17) is 4.74 Å². The van der Waals surface area contributed by atoms with Gasteiger partial charge in [0.05, 0.1) is 25.4 Å². The SMILES string of the molecule is CCCCCCCCCCCCCCCC/C=C/C(O)C(CO)NC(=O)CCCCCCCCCCCCCC/C=C\CCCCCCCCCCCCCCOC(=O)CCCCCCCCCCCCCCCCCCCCC. The summed E-state index contributed by atoms with van der Waals surface area (Å²) >= 11 is 0. The van der Waals surface area contributed by atoms with Crippen molar-refractivity contribution in [1.29, 1.82) is 0 Å². The standard InChI is InChI=1S/C74H143NO5/c1-3-5-7-9-11-13-15-17-19-21-32-36-40-44-48-52-56-60-64-68-74(79)80-69-65-61-57-53-49-45-41-37-34-31-29-27-25-23-22-24-26-28-30-33-35-39-43-47-51-55-59-63-67-73(78)75-71(70-76)72(77)66-62-58-54-50-46-42-38-20-18-16-14-12-10-8-6-4-2/h22-23,62,66,71-72,76-77H,3-21,24-61,63-65,67-70H2,1-2H3,(H,75,78)/b23-22-,66-62+. The number of hydrogen-bond acceptors (Lipinski definition) is 5. The Bertz CT molecular complexity index is 1250. The van der Waals surface area contributed by atoms with Gasteiger partial charge in [-0.05, 0) is 57.8 Å². The zero-order chi connectivity index (χ0) is 57.8. The van der Waals surface area contributed by atoms with Crippen LogP contribution in [0.3, 0.4) is 0 Å². The van der Waals surface area contributed by atoms with Gasteiger partial charge in [0, 0.05) is 12.8 Å². The maximum atomic E-state index is 12.5. The van der Waals surface area contributed by atoms with Gasteiger partial charge in [-0.25, -0.2) is 0 Å². The maximum absolute atomic E-state index is 12.5. The van der Waals surface area contributed by atoms with Crippen LogP contribution >= 0.6 is 0 Å². The quantitative estimate of drug-likeness (QED) is 0.0320. The number of carbonyl (C=O) groups is 2. The average Bonchev–Trinajstić information content (AvgIpc) is 3.46. The minimum atomic E-state index is -0.844. The van der Waals surface area contributed by atoms with E-state index in [-0.39, 0.29) is 18.5 Å². The zero-order valence-corrected chi connectivity index (χ0v) is 54.3. The van der Waals surface area contributed by atoms with Crippen molar-refractivity contribution in [3.05, 3.63) is 24.3 Å². The molecule has 80 heavy (non-hydrogen) atoms. The Labute approximate surface area is 501 Å². The second-order valence-corrected chi connectivity index (χ2v) is 25.3. The van der Waals surface area contributed by atoms with E-state index in [1.54, 1.807) is 6.08 Å². The van der Waals surface area contributed by atoms with Crippen molar-refractivity contribution in [2.45, 2.75) is 424 Å². The summed E-state index contributed by atoms with van der Waals surface area (Å²) in [6.07, 6.45) is 88.4. The molecule has 0 bridgehead atoms. The van der Waals surface area contributed by atoms with Crippen molar-refractivity contribution in [3.63, 3.8) is 0 Å². The van der Waals surface area contributed by atoms with Gasteiger partial charge < -0.3 is 20.3 Å². The molecule has 6 nitrogen and oxygen atoms in total. The number of unbranched alkanes of at least 4 members (excludes halogenated alkanes) is 56. The summed E-state index contributed by atoms with van der Waals surface area (Å²) < 4.78 is 5.51. The fraction of sp³-hybridized carbons (Fsp3) is 0.919. The Morgan fingerprint density at radius 2 is 0.588 bits per heavy atom. The summed E-state index contributed by atoms with van der Waals surface area (Å²) in [4.78, 5) is 24.6. The summed E-state index contributed by atoms with van der Waals surface area (Å²) in [5, 5.41) is 23.2. The fourth-order valence-corrected chi connectivity index (χ4v) is 11.6. The fourth-order valence-electron chi connectivity index (χ4n) is 11.6. The van der Waals surface area contributed by atoms with Crippen LogP contribution in [0.1, 0.15) is 412 Å². The first-order chi connectivity index (χ1) is 39.5. The van der Waals surface area contributed by atoms with E-state index in [0.29, 0.717) is 19.4 Å². The normalized spacial score (nSPS) is 12.6. The molecule has 1 amide bonds. The van der Waals surface area contributed by atoms with E-state index in [1.807, 2.05) is 6.08 Å². The number of aliphatic hydroxyl groups excluding tert-OH is 2. The van der Waals surface area contributed by atoms with E-state index >= 15 is 0 Å². The molecule has 0 fully saturated rings. The van der Waals surface area contributed by atoms with Gasteiger partial charge in [-0.1, -0.05) is 366 Å². The van der Waals surface area contributed by atoms with E-state index in [0.717, 1.165) is 38.5 Å². The lowest BCUT2D eigenvalue weighted by atomic mass is 10.0. The molecule has 0 aromatic carbocycles. The van der Waals surface area contributed by atoms with Gasteiger partial charge in [-0.2, -0.15) is 0 Å². The lowest BCUT2D eigenvalue weighted by Crippen LogP contribution is -2.45. The molecular weight excluding hydrogens is 983 g/mol. The Kier molecular flexibility index (Phi) is 68.4. The molecule has 0 aromatic heterocycles. The Balaban J connectivity index is 3.37. The molecule has 0 aliphatic carbocycles. The van der Waals surface area contributed by atoms with Crippen molar-refractivity contribution in [1.82, 2.24) is 5.32 Å². The topological polar surface area (TPSA) is 95.9 Å². The minimum Gasteiger partial charge on any atom is -0.466 e. The first-order valence-corrected chi connectivity index (χ1v) is 36.6. The van der Waals surface area contributed by atoms with E-state index in [2.05, 4.69) is 31.3 Å². The van der Waals surface area contributed by atoms with Crippen molar-refractivity contribution in [3.8, 4) is 0 Å². The zero-order valence-electron chi connectivity index (χ0n) is 54.3. The van der Waals surface area contributed by atoms with Gasteiger partial charge >= 0.3 is 5.97 Å². The molecule has 0 heterocycles. The van der Waals surface area contributed by atoms with Gasteiger partial charge in [-0.3, -0.25) is 9.59 Å². The van der Waals surface area contributed by atoms with Crippen LogP contribution < -0.4 is 5.32 Å². The number of nitrogens with one attached hydrogen (secondary N) is 1. The molecule has 0 aliphatic heterocycles. The number of allylic oxidation sites excluding steroid dienone is 3. The molecule has 6 heteroatoms. The number of aliphatic hydroxyl groups is 2. The van der Waals surface area contributed by atoms with E-state index < -0.39 is 12.1 Å². The number of hydrogen-bond donors (Lipinski definition) is 3. The minimum absolute atomic E-state index is 0.0211. The number of rotatable bonds is 69. The van der Waals surface area contributed by atoms with Crippen LogP contribution in [0.15, 0.2) is 24.3 Å². The first kappa shape index (κ1) is 78.3. The lowest BCUT2D eigenvalue weighted by Gasteiger charge is -2.20. The van der Waals surface area contributed by atoms with Crippen LogP contribution in [0.25, 0.3) is 0 Å². The number of amides is 1. The Hall–Kier alpha value is -1.66.